The van der Waals surface area contributed by atoms with Crippen molar-refractivity contribution in [3.63, 3.8) is 0 Å². The molecule has 76 valence electrons. The van der Waals surface area contributed by atoms with Crippen LogP contribution in [0.2, 0.25) is 0 Å². The Balaban J connectivity index is 2.07. The predicted octanol–water partition coefficient (Wildman–Crippen LogP) is -0.818. The van der Waals surface area contributed by atoms with E-state index in [0.717, 1.165) is 0 Å². The van der Waals surface area contributed by atoms with Gasteiger partial charge in [-0.25, -0.2) is 0 Å². The monoisotopic (exact) mass is 189 g/mol. The quantitative estimate of drug-likeness (QED) is 0.564. The maximum absolute atomic E-state index is 8.91. The van der Waals surface area contributed by atoms with Crippen LogP contribution in [0.4, 0.5) is 0 Å². The van der Waals surface area contributed by atoms with Crippen LogP contribution >= 0.6 is 0 Å². The van der Waals surface area contributed by atoms with Gasteiger partial charge in [0, 0.05) is 0 Å². The molecular weight excluding hydrogens is 174 g/mol. The average molecular weight is 189 g/mol. The van der Waals surface area contributed by atoms with Gasteiger partial charge >= 0.3 is 0 Å². The van der Waals surface area contributed by atoms with E-state index in [4.69, 9.17) is 25.1 Å². The second-order valence-corrected chi connectivity index (χ2v) is 3.90. The third kappa shape index (κ3) is 1.47. The van der Waals surface area contributed by atoms with Gasteiger partial charge in [-0.1, -0.05) is 0 Å². The van der Waals surface area contributed by atoms with Crippen LogP contribution in [-0.2, 0) is 14.2 Å². The third-order valence-corrected chi connectivity index (χ3v) is 2.39. The lowest BCUT2D eigenvalue weighted by atomic mass is 10.1. The Bertz CT molecular complexity index is 208. The first-order valence-electron chi connectivity index (χ1n) is 4.41. The van der Waals surface area contributed by atoms with Crippen molar-refractivity contribution < 1.29 is 19.3 Å². The van der Waals surface area contributed by atoms with Gasteiger partial charge in [0.25, 0.3) is 0 Å². The normalized spacial score (nSPS) is 48.0. The van der Waals surface area contributed by atoms with Crippen molar-refractivity contribution >= 4 is 0 Å². The van der Waals surface area contributed by atoms with Crippen LogP contribution in [0, 0.1) is 0 Å². The molecule has 1 unspecified atom stereocenters. The standard InChI is InChI=1S/C8H15NO4/c1-8(2)12-6-5(9)4(3-10)11-7(6)13-8/h4-7,10H,3,9H2,1-2H3/t4-,5?,6-,7+/m1/s1. The molecule has 0 saturated carbocycles. The van der Waals surface area contributed by atoms with Gasteiger partial charge in [0.1, 0.15) is 12.2 Å². The van der Waals surface area contributed by atoms with E-state index in [1.54, 1.807) is 0 Å². The molecule has 5 heteroatoms. The minimum absolute atomic E-state index is 0.0959. The molecule has 4 atom stereocenters. The maximum atomic E-state index is 8.91. The first-order valence-corrected chi connectivity index (χ1v) is 4.41. The van der Waals surface area contributed by atoms with Gasteiger partial charge in [-0.15, -0.1) is 0 Å². The van der Waals surface area contributed by atoms with Gasteiger partial charge in [-0.05, 0) is 13.8 Å². The highest BCUT2D eigenvalue weighted by Gasteiger charge is 2.53. The molecule has 0 aromatic carbocycles. The van der Waals surface area contributed by atoms with Gasteiger partial charge < -0.3 is 25.1 Å². The predicted molar refractivity (Wildman–Crippen MR) is 43.8 cm³/mol. The first kappa shape index (κ1) is 9.36. The fourth-order valence-corrected chi connectivity index (χ4v) is 1.76. The zero-order valence-electron chi connectivity index (χ0n) is 7.77. The van der Waals surface area contributed by atoms with Crippen LogP contribution in [0.1, 0.15) is 13.8 Å². The molecule has 2 saturated heterocycles. The zero-order valence-corrected chi connectivity index (χ0v) is 7.77. The smallest absolute Gasteiger partial charge is 0.189 e. The molecule has 2 aliphatic heterocycles. The summed E-state index contributed by atoms with van der Waals surface area (Å²) in [5.74, 6) is -0.632. The fraction of sp³-hybridized carbons (Fsp3) is 1.00. The van der Waals surface area contributed by atoms with Crippen molar-refractivity contribution in [1.82, 2.24) is 0 Å². The van der Waals surface area contributed by atoms with Crippen LogP contribution in [-0.4, -0.2) is 42.0 Å². The number of nitrogens with two attached hydrogens (primary N) is 1. The number of rotatable bonds is 1. The summed E-state index contributed by atoms with van der Waals surface area (Å²) in [5, 5.41) is 8.91. The lowest BCUT2D eigenvalue weighted by Crippen LogP contribution is -2.42. The zero-order chi connectivity index (χ0) is 9.64. The summed E-state index contributed by atoms with van der Waals surface area (Å²) in [6, 6.07) is -0.309. The average Bonchev–Trinajstić information content (AvgIpc) is 2.47. The van der Waals surface area contributed by atoms with E-state index >= 15 is 0 Å². The van der Waals surface area contributed by atoms with Gasteiger partial charge in [0.2, 0.25) is 0 Å². The van der Waals surface area contributed by atoms with Crippen LogP contribution in [0.25, 0.3) is 0 Å². The Morgan fingerprint density at radius 1 is 1.38 bits per heavy atom. The third-order valence-electron chi connectivity index (χ3n) is 2.39. The molecule has 0 aromatic rings. The summed E-state index contributed by atoms with van der Waals surface area (Å²) in [7, 11) is 0. The Hall–Kier alpha value is -0.200. The molecule has 0 spiro atoms. The number of hydrogen-bond acceptors (Lipinski definition) is 5. The van der Waals surface area contributed by atoms with Crippen molar-refractivity contribution in [3.05, 3.63) is 0 Å². The minimum Gasteiger partial charge on any atom is -0.394 e. The molecule has 0 aliphatic carbocycles. The summed E-state index contributed by atoms with van der Waals surface area (Å²) in [6.07, 6.45) is -1.06. The minimum atomic E-state index is -0.632. The number of ether oxygens (including phenoxy) is 3. The highest BCUT2D eigenvalue weighted by Crippen LogP contribution is 2.36. The Morgan fingerprint density at radius 2 is 2.08 bits per heavy atom. The van der Waals surface area contributed by atoms with Crippen molar-refractivity contribution in [2.24, 2.45) is 5.73 Å². The summed E-state index contributed by atoms with van der Waals surface area (Å²) < 4.78 is 16.3. The summed E-state index contributed by atoms with van der Waals surface area (Å²) >= 11 is 0. The second kappa shape index (κ2) is 2.90. The first-order chi connectivity index (χ1) is 6.03. The van der Waals surface area contributed by atoms with Crippen molar-refractivity contribution in [1.29, 1.82) is 0 Å². The highest BCUT2D eigenvalue weighted by molar-refractivity contribution is 4.95. The summed E-state index contributed by atoms with van der Waals surface area (Å²) in [5.41, 5.74) is 5.81. The topological polar surface area (TPSA) is 73.9 Å². The van der Waals surface area contributed by atoms with E-state index in [0.29, 0.717) is 0 Å². The van der Waals surface area contributed by atoms with Crippen molar-refractivity contribution in [2.45, 2.75) is 44.2 Å². The lowest BCUT2D eigenvalue weighted by molar-refractivity contribution is -0.209. The number of hydrogen-bond donors (Lipinski definition) is 2. The van der Waals surface area contributed by atoms with Crippen LogP contribution in [0.15, 0.2) is 0 Å². The van der Waals surface area contributed by atoms with Gasteiger partial charge in [0.05, 0.1) is 12.6 Å². The molecule has 0 radical (unpaired) electrons. The lowest BCUT2D eigenvalue weighted by Gasteiger charge is -2.22. The van der Waals surface area contributed by atoms with E-state index in [-0.39, 0.29) is 24.9 Å². The number of fused-ring (bicyclic) bond motifs is 1. The van der Waals surface area contributed by atoms with Crippen molar-refractivity contribution in [3.8, 4) is 0 Å². The van der Waals surface area contributed by atoms with Gasteiger partial charge in [-0.2, -0.15) is 0 Å². The Morgan fingerprint density at radius 3 is 2.62 bits per heavy atom. The Labute approximate surface area is 76.8 Å². The highest BCUT2D eigenvalue weighted by atomic mass is 16.8. The summed E-state index contributed by atoms with van der Waals surface area (Å²) in [4.78, 5) is 0. The van der Waals surface area contributed by atoms with E-state index in [9.17, 15) is 0 Å². The van der Waals surface area contributed by atoms with Gasteiger partial charge in [-0.3, -0.25) is 0 Å². The van der Waals surface area contributed by atoms with E-state index in [2.05, 4.69) is 0 Å². The van der Waals surface area contributed by atoms with Crippen LogP contribution in [0.3, 0.4) is 0 Å². The molecule has 5 nitrogen and oxygen atoms in total. The molecule has 3 N–H and O–H groups in total. The molecule has 2 fully saturated rings. The van der Waals surface area contributed by atoms with Crippen molar-refractivity contribution in [2.75, 3.05) is 6.61 Å². The fourth-order valence-electron chi connectivity index (χ4n) is 1.76. The molecule has 2 rings (SSSR count). The Kier molecular flexibility index (Phi) is 2.08. The molecule has 13 heavy (non-hydrogen) atoms. The number of aliphatic hydroxyl groups excluding tert-OH is 1. The van der Waals surface area contributed by atoms with E-state index in [1.165, 1.54) is 0 Å². The number of aliphatic hydroxyl groups is 1. The van der Waals surface area contributed by atoms with E-state index < -0.39 is 12.1 Å². The van der Waals surface area contributed by atoms with Gasteiger partial charge in [0.15, 0.2) is 12.1 Å². The molecule has 2 heterocycles. The molecular formula is C8H15NO4. The van der Waals surface area contributed by atoms with Crippen LogP contribution in [0.5, 0.6) is 0 Å². The molecule has 0 aromatic heterocycles. The second-order valence-electron chi connectivity index (χ2n) is 3.90. The maximum Gasteiger partial charge on any atom is 0.189 e. The molecule has 0 bridgehead atoms. The van der Waals surface area contributed by atoms with Crippen LogP contribution < -0.4 is 5.73 Å². The SMILES string of the molecule is CC1(C)O[C@@H]2O[C@H](CO)C(N)[C@H]2O1. The molecule has 0 amide bonds. The molecule has 2 aliphatic rings. The van der Waals surface area contributed by atoms with E-state index in [1.807, 2.05) is 13.8 Å². The summed E-state index contributed by atoms with van der Waals surface area (Å²) in [6.45, 7) is 3.53. The largest absolute Gasteiger partial charge is 0.394 e.